The Balaban J connectivity index is 2.21. The minimum atomic E-state index is -0.214. The molecule has 0 aliphatic heterocycles. The van der Waals surface area contributed by atoms with Crippen molar-refractivity contribution in [3.05, 3.63) is 47.7 Å². The van der Waals surface area contributed by atoms with Gasteiger partial charge in [-0.1, -0.05) is 56.5 Å². The Hall–Kier alpha value is -1.11. The van der Waals surface area contributed by atoms with Crippen molar-refractivity contribution < 1.29 is 4.79 Å². The molecule has 1 heterocycles. The third-order valence-corrected chi connectivity index (χ3v) is 7.15. The standard InChI is InChI=1S/C22H30N2OS3/c1-5-6-7-11-14-28-20(17-12-9-8-10-13-17)21(25)24-19-18(26-3)15-16(2)23-22(19)27-4/h8-10,12-13,15,20H,5-7,11,14H2,1-4H3,(H,24,25). The van der Waals surface area contributed by atoms with E-state index >= 15 is 0 Å². The van der Waals surface area contributed by atoms with Crippen LogP contribution in [0, 0.1) is 6.92 Å². The maximum absolute atomic E-state index is 13.3. The number of carbonyl (C=O) groups is 1. The quantitative estimate of drug-likeness (QED) is 0.310. The zero-order valence-electron chi connectivity index (χ0n) is 17.2. The molecule has 0 aliphatic carbocycles. The van der Waals surface area contributed by atoms with Gasteiger partial charge in [0, 0.05) is 10.6 Å². The first-order valence-corrected chi connectivity index (χ1v) is 13.2. The van der Waals surface area contributed by atoms with Crippen LogP contribution >= 0.6 is 35.3 Å². The Morgan fingerprint density at radius 1 is 1.11 bits per heavy atom. The molecule has 1 aromatic heterocycles. The maximum Gasteiger partial charge on any atom is 0.242 e. The number of unbranched alkanes of at least 4 members (excludes halogenated alkanes) is 3. The van der Waals surface area contributed by atoms with Crippen LogP contribution in [-0.2, 0) is 4.79 Å². The van der Waals surface area contributed by atoms with Crippen molar-refractivity contribution in [2.24, 2.45) is 0 Å². The normalized spacial score (nSPS) is 12.0. The van der Waals surface area contributed by atoms with E-state index in [2.05, 4.69) is 17.2 Å². The number of aryl methyl sites for hydroxylation is 1. The van der Waals surface area contributed by atoms with E-state index in [9.17, 15) is 4.79 Å². The summed E-state index contributed by atoms with van der Waals surface area (Å²) in [5.74, 6) is 1.02. The highest BCUT2D eigenvalue weighted by molar-refractivity contribution is 8.00. The van der Waals surface area contributed by atoms with Gasteiger partial charge in [0.1, 0.15) is 10.3 Å². The molecule has 1 N–H and O–H groups in total. The Bertz CT molecular complexity index is 728. The number of hydrogen-bond acceptors (Lipinski definition) is 5. The molecule has 2 rings (SSSR count). The van der Waals surface area contributed by atoms with Crippen molar-refractivity contribution in [2.45, 2.75) is 54.7 Å². The fourth-order valence-electron chi connectivity index (χ4n) is 2.91. The summed E-state index contributed by atoms with van der Waals surface area (Å²) in [5.41, 5.74) is 2.86. The molecule has 0 bridgehead atoms. The summed E-state index contributed by atoms with van der Waals surface area (Å²) in [6.45, 7) is 4.21. The second kappa shape index (κ2) is 12.5. The average Bonchev–Trinajstić information content (AvgIpc) is 2.72. The predicted octanol–water partition coefficient (Wildman–Crippen LogP) is 6.83. The van der Waals surface area contributed by atoms with Gasteiger partial charge in [-0.2, -0.15) is 0 Å². The molecule has 1 aromatic carbocycles. The third kappa shape index (κ3) is 6.75. The second-order valence-corrected chi connectivity index (χ2v) is 9.42. The summed E-state index contributed by atoms with van der Waals surface area (Å²) in [7, 11) is 0. The van der Waals surface area contributed by atoms with Gasteiger partial charge in [-0.25, -0.2) is 4.98 Å². The molecule has 2 aromatic rings. The van der Waals surface area contributed by atoms with E-state index in [1.54, 1.807) is 35.3 Å². The number of benzene rings is 1. The number of rotatable bonds is 11. The van der Waals surface area contributed by atoms with Gasteiger partial charge in [-0.3, -0.25) is 4.79 Å². The summed E-state index contributed by atoms with van der Waals surface area (Å²) in [6, 6.07) is 12.1. The van der Waals surface area contributed by atoms with Crippen molar-refractivity contribution >= 4 is 46.9 Å². The molecule has 6 heteroatoms. The summed E-state index contributed by atoms with van der Waals surface area (Å²) in [5, 5.41) is 3.85. The zero-order valence-corrected chi connectivity index (χ0v) is 19.6. The number of hydrogen-bond donors (Lipinski definition) is 1. The Morgan fingerprint density at radius 3 is 2.50 bits per heavy atom. The van der Waals surface area contributed by atoms with Gasteiger partial charge >= 0.3 is 0 Å². The summed E-state index contributed by atoms with van der Waals surface area (Å²) in [4.78, 5) is 18.9. The lowest BCUT2D eigenvalue weighted by molar-refractivity contribution is -0.115. The highest BCUT2D eigenvalue weighted by atomic mass is 32.2. The Labute approximate surface area is 182 Å². The van der Waals surface area contributed by atoms with Crippen LogP contribution in [0.3, 0.4) is 0 Å². The Kier molecular flexibility index (Phi) is 10.3. The predicted molar refractivity (Wildman–Crippen MR) is 127 cm³/mol. The summed E-state index contributed by atoms with van der Waals surface area (Å²) in [6.07, 6.45) is 8.88. The molecule has 0 radical (unpaired) electrons. The van der Waals surface area contributed by atoms with Gasteiger partial charge in [0.25, 0.3) is 0 Å². The van der Waals surface area contributed by atoms with E-state index in [0.717, 1.165) is 39.0 Å². The van der Waals surface area contributed by atoms with E-state index < -0.39 is 0 Å². The molecule has 1 unspecified atom stereocenters. The fourth-order valence-corrected chi connectivity index (χ4v) is 5.38. The van der Waals surface area contributed by atoms with E-state index in [4.69, 9.17) is 0 Å². The first-order valence-electron chi connectivity index (χ1n) is 9.67. The molecule has 0 aliphatic rings. The molecular weight excluding hydrogens is 404 g/mol. The lowest BCUT2D eigenvalue weighted by Crippen LogP contribution is -2.20. The molecule has 0 fully saturated rings. The number of thioether (sulfide) groups is 3. The molecular formula is C22H30N2OS3. The fraction of sp³-hybridized carbons (Fsp3) is 0.455. The van der Waals surface area contributed by atoms with E-state index in [0.29, 0.717) is 0 Å². The topological polar surface area (TPSA) is 42.0 Å². The van der Waals surface area contributed by atoms with Gasteiger partial charge in [0.05, 0.1) is 5.69 Å². The number of pyridine rings is 1. The van der Waals surface area contributed by atoms with Gasteiger partial charge < -0.3 is 5.32 Å². The SMILES string of the molecule is CCCCCCSC(C(=O)Nc1c(SC)cc(C)nc1SC)c1ccccc1. The van der Waals surface area contributed by atoms with E-state index in [-0.39, 0.29) is 11.2 Å². The molecule has 0 saturated heterocycles. The lowest BCUT2D eigenvalue weighted by Gasteiger charge is -2.19. The van der Waals surface area contributed by atoms with E-state index in [1.807, 2.05) is 55.8 Å². The van der Waals surface area contributed by atoms with Gasteiger partial charge in [-0.15, -0.1) is 35.3 Å². The van der Waals surface area contributed by atoms with Crippen LogP contribution < -0.4 is 5.32 Å². The van der Waals surface area contributed by atoms with E-state index in [1.165, 1.54) is 19.3 Å². The molecule has 0 saturated carbocycles. The molecule has 152 valence electrons. The average molecular weight is 435 g/mol. The number of nitrogens with zero attached hydrogens (tertiary/aromatic N) is 1. The molecule has 3 nitrogen and oxygen atoms in total. The highest BCUT2D eigenvalue weighted by Gasteiger charge is 2.23. The number of nitrogens with one attached hydrogen (secondary N) is 1. The van der Waals surface area contributed by atoms with Crippen molar-refractivity contribution in [1.29, 1.82) is 0 Å². The van der Waals surface area contributed by atoms with Crippen LogP contribution in [0.5, 0.6) is 0 Å². The molecule has 0 spiro atoms. The van der Waals surface area contributed by atoms with Gasteiger partial charge in [0.2, 0.25) is 5.91 Å². The van der Waals surface area contributed by atoms with Crippen LogP contribution in [-0.4, -0.2) is 29.2 Å². The summed E-state index contributed by atoms with van der Waals surface area (Å²) >= 11 is 4.95. The highest BCUT2D eigenvalue weighted by Crippen LogP contribution is 2.36. The zero-order chi connectivity index (χ0) is 20.4. The molecule has 28 heavy (non-hydrogen) atoms. The smallest absolute Gasteiger partial charge is 0.242 e. The van der Waals surface area contributed by atoms with Crippen molar-refractivity contribution in [2.75, 3.05) is 23.6 Å². The Morgan fingerprint density at radius 2 is 1.86 bits per heavy atom. The first kappa shape index (κ1) is 23.2. The largest absolute Gasteiger partial charge is 0.322 e. The molecule has 1 atom stereocenters. The lowest BCUT2D eigenvalue weighted by atomic mass is 10.1. The summed E-state index contributed by atoms with van der Waals surface area (Å²) < 4.78 is 0. The maximum atomic E-state index is 13.3. The van der Waals surface area contributed by atoms with Crippen molar-refractivity contribution in [3.63, 3.8) is 0 Å². The van der Waals surface area contributed by atoms with Gasteiger partial charge in [0.15, 0.2) is 0 Å². The number of anilines is 1. The number of aromatic nitrogens is 1. The number of amides is 1. The third-order valence-electron chi connectivity index (χ3n) is 4.36. The number of carbonyl (C=O) groups excluding carboxylic acids is 1. The van der Waals surface area contributed by atoms with Crippen molar-refractivity contribution in [1.82, 2.24) is 4.98 Å². The second-order valence-electron chi connectivity index (χ2n) is 6.56. The van der Waals surface area contributed by atoms with Crippen LogP contribution in [0.25, 0.3) is 0 Å². The van der Waals surface area contributed by atoms with Crippen LogP contribution in [0.15, 0.2) is 46.3 Å². The van der Waals surface area contributed by atoms with Crippen LogP contribution in [0.4, 0.5) is 5.69 Å². The van der Waals surface area contributed by atoms with Crippen LogP contribution in [0.2, 0.25) is 0 Å². The first-order chi connectivity index (χ1) is 13.6. The monoisotopic (exact) mass is 434 g/mol. The minimum absolute atomic E-state index is 0.0305. The van der Waals surface area contributed by atoms with Crippen LogP contribution in [0.1, 0.15) is 49.1 Å². The molecule has 1 amide bonds. The van der Waals surface area contributed by atoms with Gasteiger partial charge in [-0.05, 0) is 43.2 Å². The van der Waals surface area contributed by atoms with Crippen molar-refractivity contribution in [3.8, 4) is 0 Å². The minimum Gasteiger partial charge on any atom is -0.322 e.